The molecule has 0 radical (unpaired) electrons. The van der Waals surface area contributed by atoms with Gasteiger partial charge in [-0.2, -0.15) is 11.3 Å². The summed E-state index contributed by atoms with van der Waals surface area (Å²) in [6.07, 6.45) is 7.88. The van der Waals surface area contributed by atoms with Crippen molar-refractivity contribution in [3.05, 3.63) is 58.1 Å². The number of hydrogen-bond acceptors (Lipinski definition) is 4. The van der Waals surface area contributed by atoms with Crippen LogP contribution >= 0.6 is 11.3 Å². The van der Waals surface area contributed by atoms with E-state index in [1.807, 2.05) is 29.3 Å². The molecule has 6 heteroatoms. The maximum atomic E-state index is 11.8. The number of amides is 1. The molecule has 2 heterocycles. The first-order valence-corrected chi connectivity index (χ1v) is 7.07. The van der Waals surface area contributed by atoms with Gasteiger partial charge >= 0.3 is 0 Å². The molecular weight excluding hydrogens is 288 g/mol. The summed E-state index contributed by atoms with van der Waals surface area (Å²) in [4.78, 5) is 22.8. The Bertz CT molecular complexity index is 697. The van der Waals surface area contributed by atoms with Crippen molar-refractivity contribution >= 4 is 35.2 Å². The molecule has 0 unspecified atom stereocenters. The summed E-state index contributed by atoms with van der Waals surface area (Å²) >= 11 is 1.48. The lowest BCUT2D eigenvalue weighted by Crippen LogP contribution is -2.14. The Kier molecular flexibility index (Phi) is 4.86. The van der Waals surface area contributed by atoms with Crippen LogP contribution < -0.4 is 5.48 Å². The lowest BCUT2D eigenvalue weighted by atomic mass is 10.2. The minimum Gasteiger partial charge on any atom is -0.350 e. The fraction of sp³-hybridized carbons (Fsp3) is 0.0667. The number of carbonyl (C=O) groups excluding carboxylic acids is 2. The summed E-state index contributed by atoms with van der Waals surface area (Å²) < 4.78 is 1.82. The average molecular weight is 302 g/mol. The summed E-state index contributed by atoms with van der Waals surface area (Å²) in [5.74, 6) is -0.641. The number of nitrogens with zero attached hydrogens (tertiary/aromatic N) is 1. The van der Waals surface area contributed by atoms with Crippen molar-refractivity contribution in [1.29, 1.82) is 0 Å². The Morgan fingerprint density at radius 2 is 2.14 bits per heavy atom. The topological polar surface area (TPSA) is 71.3 Å². The number of thiophene rings is 1. The van der Waals surface area contributed by atoms with Crippen LogP contribution in [0.5, 0.6) is 0 Å². The van der Waals surface area contributed by atoms with Gasteiger partial charge in [-0.05, 0) is 41.3 Å². The molecule has 0 aliphatic rings. The molecule has 0 spiro atoms. The van der Waals surface area contributed by atoms with Crippen molar-refractivity contribution in [3.8, 4) is 0 Å². The van der Waals surface area contributed by atoms with Gasteiger partial charge in [0.2, 0.25) is 0 Å². The third kappa shape index (κ3) is 4.01. The van der Waals surface area contributed by atoms with Gasteiger partial charge in [0, 0.05) is 36.0 Å². The molecule has 0 saturated carbocycles. The number of ketones is 1. The molecular formula is C15H14N2O3S. The van der Waals surface area contributed by atoms with E-state index in [0.717, 1.165) is 11.3 Å². The van der Waals surface area contributed by atoms with E-state index in [0.29, 0.717) is 5.56 Å². The number of nitrogens with one attached hydrogen (secondary N) is 1. The van der Waals surface area contributed by atoms with Gasteiger partial charge in [-0.3, -0.25) is 14.8 Å². The Hall–Kier alpha value is -2.44. The van der Waals surface area contributed by atoms with Crippen molar-refractivity contribution in [1.82, 2.24) is 10.0 Å². The Labute approximate surface area is 125 Å². The number of hydrogen-bond donors (Lipinski definition) is 2. The predicted octanol–water partition coefficient (Wildman–Crippen LogP) is 2.50. The van der Waals surface area contributed by atoms with Crippen LogP contribution in [0.1, 0.15) is 21.6 Å². The third-order valence-electron chi connectivity index (χ3n) is 2.81. The molecule has 5 nitrogen and oxygen atoms in total. The highest BCUT2D eigenvalue weighted by Gasteiger charge is 2.03. The number of allylic oxidation sites excluding steroid dienone is 1. The number of carbonyl (C=O) groups is 2. The number of hydroxylamine groups is 1. The quantitative estimate of drug-likeness (QED) is 0.386. The largest absolute Gasteiger partial charge is 0.350 e. The fourth-order valence-corrected chi connectivity index (χ4v) is 2.38. The summed E-state index contributed by atoms with van der Waals surface area (Å²) in [6, 6.07) is 3.61. The highest BCUT2D eigenvalue weighted by Crippen LogP contribution is 2.13. The fourth-order valence-electron chi connectivity index (χ4n) is 1.74. The van der Waals surface area contributed by atoms with Crippen LogP contribution in [0.2, 0.25) is 0 Å². The van der Waals surface area contributed by atoms with Gasteiger partial charge in [-0.25, -0.2) is 5.48 Å². The monoisotopic (exact) mass is 302 g/mol. The Balaban J connectivity index is 2.10. The molecule has 0 bridgehead atoms. The maximum Gasteiger partial charge on any atom is 0.267 e. The van der Waals surface area contributed by atoms with Crippen LogP contribution in [0, 0.1) is 0 Å². The molecule has 2 aromatic rings. The first-order chi connectivity index (χ1) is 10.1. The van der Waals surface area contributed by atoms with E-state index in [1.54, 1.807) is 23.6 Å². The van der Waals surface area contributed by atoms with Crippen molar-refractivity contribution < 1.29 is 14.8 Å². The zero-order valence-electron chi connectivity index (χ0n) is 11.3. The molecule has 0 saturated heterocycles. The highest BCUT2D eigenvalue weighted by atomic mass is 32.1. The Morgan fingerprint density at radius 3 is 2.81 bits per heavy atom. The smallest absolute Gasteiger partial charge is 0.267 e. The summed E-state index contributed by atoms with van der Waals surface area (Å²) in [5, 5.41) is 12.1. The van der Waals surface area contributed by atoms with E-state index in [1.165, 1.54) is 29.0 Å². The second-order valence-electron chi connectivity index (χ2n) is 4.33. The van der Waals surface area contributed by atoms with Gasteiger partial charge in [0.15, 0.2) is 5.78 Å². The van der Waals surface area contributed by atoms with Crippen molar-refractivity contribution in [3.63, 3.8) is 0 Å². The molecule has 2 N–H and O–H groups in total. The molecule has 0 fully saturated rings. The third-order valence-corrected chi connectivity index (χ3v) is 3.50. The SMILES string of the molecule is Cn1cc(/C=C/C(=O)c2ccsc2)cc1/C=C/C(=O)NO. The minimum absolute atomic E-state index is 0.0446. The maximum absolute atomic E-state index is 11.8. The second kappa shape index (κ2) is 6.83. The molecule has 2 rings (SSSR count). The number of aromatic nitrogens is 1. The van der Waals surface area contributed by atoms with E-state index in [-0.39, 0.29) is 5.78 Å². The van der Waals surface area contributed by atoms with Crippen molar-refractivity contribution in [2.45, 2.75) is 0 Å². The van der Waals surface area contributed by atoms with Crippen LogP contribution in [0.3, 0.4) is 0 Å². The lowest BCUT2D eigenvalue weighted by Gasteiger charge is -1.94. The number of aryl methyl sites for hydroxylation is 1. The van der Waals surface area contributed by atoms with E-state index in [2.05, 4.69) is 0 Å². The zero-order chi connectivity index (χ0) is 15.2. The van der Waals surface area contributed by atoms with E-state index < -0.39 is 5.91 Å². The van der Waals surface area contributed by atoms with E-state index in [9.17, 15) is 9.59 Å². The normalized spacial score (nSPS) is 11.3. The van der Waals surface area contributed by atoms with Crippen LogP contribution in [0.25, 0.3) is 12.2 Å². The van der Waals surface area contributed by atoms with E-state index in [4.69, 9.17) is 5.21 Å². The highest BCUT2D eigenvalue weighted by molar-refractivity contribution is 7.08. The van der Waals surface area contributed by atoms with Crippen molar-refractivity contribution in [2.75, 3.05) is 0 Å². The molecule has 2 aromatic heterocycles. The molecule has 1 amide bonds. The van der Waals surface area contributed by atoms with Crippen LogP contribution in [-0.2, 0) is 11.8 Å². The van der Waals surface area contributed by atoms with Gasteiger partial charge in [0.05, 0.1) is 0 Å². The van der Waals surface area contributed by atoms with Crippen LogP contribution in [-0.4, -0.2) is 21.5 Å². The van der Waals surface area contributed by atoms with E-state index >= 15 is 0 Å². The summed E-state index contributed by atoms with van der Waals surface area (Å²) in [7, 11) is 1.83. The van der Waals surface area contributed by atoms with Gasteiger partial charge in [0.25, 0.3) is 5.91 Å². The molecule has 0 atom stereocenters. The second-order valence-corrected chi connectivity index (χ2v) is 5.11. The molecule has 0 aromatic carbocycles. The van der Waals surface area contributed by atoms with Gasteiger partial charge in [0.1, 0.15) is 0 Å². The van der Waals surface area contributed by atoms with Gasteiger partial charge in [-0.15, -0.1) is 0 Å². The Morgan fingerprint density at radius 1 is 1.33 bits per heavy atom. The van der Waals surface area contributed by atoms with Gasteiger partial charge < -0.3 is 4.57 Å². The molecule has 0 aliphatic carbocycles. The molecule has 108 valence electrons. The average Bonchev–Trinajstić information content (AvgIpc) is 3.12. The first kappa shape index (κ1) is 15.0. The predicted molar refractivity (Wildman–Crippen MR) is 82.1 cm³/mol. The van der Waals surface area contributed by atoms with Crippen molar-refractivity contribution in [2.24, 2.45) is 7.05 Å². The minimum atomic E-state index is -0.596. The zero-order valence-corrected chi connectivity index (χ0v) is 12.1. The lowest BCUT2D eigenvalue weighted by molar-refractivity contribution is -0.124. The van der Waals surface area contributed by atoms with Crippen LogP contribution in [0.4, 0.5) is 0 Å². The number of rotatable bonds is 5. The molecule has 21 heavy (non-hydrogen) atoms. The standard InChI is InChI=1S/C15H14N2O3S/c1-17-9-11(8-13(17)3-5-15(19)16-20)2-4-14(18)12-6-7-21-10-12/h2-10,20H,1H3,(H,16,19)/b4-2+,5-3+. The summed E-state index contributed by atoms with van der Waals surface area (Å²) in [5.41, 5.74) is 3.83. The van der Waals surface area contributed by atoms with Gasteiger partial charge in [-0.1, -0.05) is 0 Å². The van der Waals surface area contributed by atoms with Crippen LogP contribution in [0.15, 0.2) is 41.2 Å². The summed E-state index contributed by atoms with van der Waals surface area (Å²) in [6.45, 7) is 0. The molecule has 0 aliphatic heterocycles. The first-order valence-electron chi connectivity index (χ1n) is 6.13.